The quantitative estimate of drug-likeness (QED) is 0.0779. The van der Waals surface area contributed by atoms with E-state index in [-0.39, 0.29) is 49.5 Å². The van der Waals surface area contributed by atoms with Crippen molar-refractivity contribution >= 4 is 40.5 Å². The van der Waals surface area contributed by atoms with Crippen LogP contribution in [0, 0.1) is 5.92 Å². The van der Waals surface area contributed by atoms with Gasteiger partial charge in [-0.25, -0.2) is 0 Å². The maximum absolute atomic E-state index is 14.2. The van der Waals surface area contributed by atoms with E-state index in [1.54, 1.807) is 0 Å². The third kappa shape index (κ3) is 10.9. The Bertz CT molecular complexity index is 1540. The number of guanidine groups is 1. The molecule has 4 rings (SSSR count). The minimum Gasteiger partial charge on any atom is -0.370 e. The van der Waals surface area contributed by atoms with Crippen molar-refractivity contribution in [1.82, 2.24) is 25.8 Å². The first-order valence-electron chi connectivity index (χ1n) is 16.9. The molecule has 0 bridgehead atoms. The van der Waals surface area contributed by atoms with Gasteiger partial charge in [0.2, 0.25) is 23.6 Å². The van der Waals surface area contributed by atoms with Crippen molar-refractivity contribution in [2.75, 3.05) is 19.6 Å². The molecule has 0 unspecified atom stereocenters. The summed E-state index contributed by atoms with van der Waals surface area (Å²) in [5.41, 5.74) is 13.6. The van der Waals surface area contributed by atoms with Crippen LogP contribution in [0.1, 0.15) is 63.5 Å². The number of para-hydroxylation sites is 1. The van der Waals surface area contributed by atoms with Crippen molar-refractivity contribution in [3.63, 3.8) is 0 Å². The Kier molecular flexibility index (Phi) is 13.4. The molecule has 8 N–H and O–H groups in total. The average Bonchev–Trinajstić information content (AvgIpc) is 3.48. The van der Waals surface area contributed by atoms with Crippen molar-refractivity contribution < 1.29 is 19.2 Å². The summed E-state index contributed by atoms with van der Waals surface area (Å²) < 4.78 is 0. The minimum atomic E-state index is -1.04. The second kappa shape index (κ2) is 17.9. The molecule has 0 spiro atoms. The molecule has 48 heavy (non-hydrogen) atoms. The molecule has 4 amide bonds. The SMILES string of the molecule is CC(C)CC(=O)N[C@@H](CCCN=C(N)N)C(=O)N[C@@H](Cc1c[nH]c2ccccc12)C(=O)N[C@@H](Cc1ccccc1)C(=O)N1CCCCC1. The highest BCUT2D eigenvalue weighted by Crippen LogP contribution is 2.20. The Morgan fingerprint density at radius 3 is 2.21 bits per heavy atom. The van der Waals surface area contributed by atoms with Crippen LogP contribution < -0.4 is 27.4 Å². The van der Waals surface area contributed by atoms with Crippen LogP contribution in [0.5, 0.6) is 0 Å². The van der Waals surface area contributed by atoms with Gasteiger partial charge >= 0.3 is 0 Å². The Morgan fingerprint density at radius 2 is 1.50 bits per heavy atom. The summed E-state index contributed by atoms with van der Waals surface area (Å²) in [4.78, 5) is 63.8. The molecule has 0 saturated carbocycles. The highest BCUT2D eigenvalue weighted by atomic mass is 16.2. The third-order valence-corrected chi connectivity index (χ3v) is 8.49. The summed E-state index contributed by atoms with van der Waals surface area (Å²) >= 11 is 0. The van der Waals surface area contributed by atoms with Gasteiger partial charge in [0.25, 0.3) is 0 Å². The fraction of sp³-hybridized carbons (Fsp3) is 0.472. The number of nitrogens with two attached hydrogens (primary N) is 2. The molecule has 0 radical (unpaired) electrons. The normalized spacial score (nSPS) is 14.9. The molecular formula is C36H50N8O4. The molecule has 1 fully saturated rings. The van der Waals surface area contributed by atoms with E-state index in [1.165, 1.54) is 0 Å². The van der Waals surface area contributed by atoms with Crippen LogP contribution in [0.25, 0.3) is 10.9 Å². The maximum atomic E-state index is 14.2. The number of carbonyl (C=O) groups excluding carboxylic acids is 4. The third-order valence-electron chi connectivity index (χ3n) is 8.49. The number of carbonyl (C=O) groups is 4. The van der Waals surface area contributed by atoms with Crippen LogP contribution in [-0.2, 0) is 32.0 Å². The molecule has 0 aliphatic carbocycles. The lowest BCUT2D eigenvalue weighted by Crippen LogP contribution is -2.58. The maximum Gasteiger partial charge on any atom is 0.245 e. The topological polar surface area (TPSA) is 188 Å². The largest absolute Gasteiger partial charge is 0.370 e. The highest BCUT2D eigenvalue weighted by molar-refractivity contribution is 5.95. The fourth-order valence-corrected chi connectivity index (χ4v) is 6.06. The van der Waals surface area contributed by atoms with E-state index >= 15 is 0 Å². The predicted octanol–water partition coefficient (Wildman–Crippen LogP) is 2.52. The molecule has 1 saturated heterocycles. The lowest BCUT2D eigenvalue weighted by atomic mass is 10.0. The molecule has 2 aromatic carbocycles. The number of benzene rings is 2. The van der Waals surface area contributed by atoms with E-state index in [9.17, 15) is 19.2 Å². The number of nitrogens with zero attached hydrogens (tertiary/aromatic N) is 2. The van der Waals surface area contributed by atoms with E-state index in [0.29, 0.717) is 25.9 Å². The van der Waals surface area contributed by atoms with Gasteiger partial charge in [0.05, 0.1) is 0 Å². The Morgan fingerprint density at radius 1 is 0.833 bits per heavy atom. The van der Waals surface area contributed by atoms with Crippen molar-refractivity contribution in [1.29, 1.82) is 0 Å². The van der Waals surface area contributed by atoms with E-state index in [1.807, 2.05) is 79.5 Å². The summed E-state index contributed by atoms with van der Waals surface area (Å²) in [5.74, 6) is -1.34. The molecule has 3 aromatic rings. The molecule has 12 nitrogen and oxygen atoms in total. The number of nitrogens with one attached hydrogen (secondary N) is 4. The monoisotopic (exact) mass is 658 g/mol. The second-order valence-electron chi connectivity index (χ2n) is 12.9. The Balaban J connectivity index is 1.60. The smallest absolute Gasteiger partial charge is 0.245 e. The molecule has 1 aliphatic heterocycles. The minimum absolute atomic E-state index is 0.0560. The van der Waals surface area contributed by atoms with Gasteiger partial charge in [0, 0.05) is 56.0 Å². The lowest BCUT2D eigenvalue weighted by Gasteiger charge is -2.32. The number of likely N-dealkylation sites (tertiary alicyclic amines) is 1. The van der Waals surface area contributed by atoms with Gasteiger partial charge in [-0.3, -0.25) is 24.2 Å². The summed E-state index contributed by atoms with van der Waals surface area (Å²) in [7, 11) is 0. The molecule has 1 aliphatic rings. The zero-order valence-electron chi connectivity index (χ0n) is 28.0. The number of aromatic amines is 1. The van der Waals surface area contributed by atoms with Gasteiger partial charge in [-0.15, -0.1) is 0 Å². The van der Waals surface area contributed by atoms with Gasteiger partial charge < -0.3 is 37.3 Å². The highest BCUT2D eigenvalue weighted by Gasteiger charge is 2.32. The molecule has 2 heterocycles. The number of piperidine rings is 1. The second-order valence-corrected chi connectivity index (χ2v) is 12.9. The molecule has 1 aromatic heterocycles. The summed E-state index contributed by atoms with van der Waals surface area (Å²) in [5, 5.41) is 9.71. The standard InChI is InChI=1S/C36H50N8O4/c1-24(2)20-32(45)41-29(16-11-17-39-36(37)38)33(46)42-30(22-26-23-40-28-15-8-7-14-27(26)28)34(47)43-31(21-25-12-5-3-6-13-25)35(48)44-18-9-4-10-19-44/h3,5-8,12-15,23-24,29-31,40H,4,9-11,16-22H2,1-2H3,(H,41,45)(H,42,46)(H,43,47)(H4,37,38,39)/t29-,30-,31-/m0/s1. The summed E-state index contributed by atoms with van der Waals surface area (Å²) in [6, 6.07) is 14.5. The van der Waals surface area contributed by atoms with Crippen LogP contribution in [0.2, 0.25) is 0 Å². The molecular weight excluding hydrogens is 608 g/mol. The van der Waals surface area contributed by atoms with Crippen LogP contribution in [0.15, 0.2) is 65.8 Å². The van der Waals surface area contributed by atoms with E-state index < -0.39 is 29.9 Å². The van der Waals surface area contributed by atoms with Crippen molar-refractivity contribution in [2.24, 2.45) is 22.4 Å². The van der Waals surface area contributed by atoms with Gasteiger partial charge in [-0.2, -0.15) is 0 Å². The zero-order chi connectivity index (χ0) is 34.5. The van der Waals surface area contributed by atoms with Gasteiger partial charge in [0.1, 0.15) is 18.1 Å². The van der Waals surface area contributed by atoms with E-state index in [2.05, 4.69) is 25.9 Å². The van der Waals surface area contributed by atoms with Gasteiger partial charge in [0.15, 0.2) is 5.96 Å². The first-order valence-corrected chi connectivity index (χ1v) is 16.9. The van der Waals surface area contributed by atoms with Gasteiger partial charge in [-0.1, -0.05) is 62.4 Å². The number of fused-ring (bicyclic) bond motifs is 1. The number of aromatic nitrogens is 1. The van der Waals surface area contributed by atoms with Gasteiger partial charge in [-0.05, 0) is 55.2 Å². The molecule has 3 atom stereocenters. The van der Waals surface area contributed by atoms with Crippen molar-refractivity contribution in [2.45, 2.75) is 83.3 Å². The zero-order valence-corrected chi connectivity index (χ0v) is 28.0. The number of rotatable bonds is 16. The first-order chi connectivity index (χ1) is 23.1. The number of amides is 4. The van der Waals surface area contributed by atoms with Crippen molar-refractivity contribution in [3.8, 4) is 0 Å². The fourth-order valence-electron chi connectivity index (χ4n) is 6.06. The van der Waals surface area contributed by atoms with Crippen molar-refractivity contribution in [3.05, 3.63) is 71.9 Å². The molecule has 258 valence electrons. The van der Waals surface area contributed by atoms with E-state index in [4.69, 9.17) is 11.5 Å². The van der Waals surface area contributed by atoms with E-state index in [0.717, 1.165) is 41.3 Å². The van der Waals surface area contributed by atoms with Crippen LogP contribution in [0.4, 0.5) is 0 Å². The number of aliphatic imine (C=N–C) groups is 1. The summed E-state index contributed by atoms with van der Waals surface area (Å²) in [6.45, 7) is 5.42. The average molecular weight is 659 g/mol. The number of hydrogen-bond donors (Lipinski definition) is 6. The number of H-pyrrole nitrogens is 1. The predicted molar refractivity (Wildman–Crippen MR) is 188 cm³/mol. The first kappa shape index (κ1) is 36.0. The lowest BCUT2D eigenvalue weighted by molar-refractivity contribution is -0.138. The van der Waals surface area contributed by atoms with Crippen LogP contribution in [-0.4, -0.2) is 77.2 Å². The van der Waals surface area contributed by atoms with Crippen LogP contribution in [0.3, 0.4) is 0 Å². The number of hydrogen-bond acceptors (Lipinski definition) is 5. The van der Waals surface area contributed by atoms with Crippen LogP contribution >= 0.6 is 0 Å². The molecule has 12 heteroatoms. The Labute approximate surface area is 282 Å². The Hall–Kier alpha value is -4.87. The summed E-state index contributed by atoms with van der Waals surface area (Å²) in [6.07, 6.45) is 6.16.